The van der Waals surface area contributed by atoms with E-state index in [0.29, 0.717) is 23.3 Å². The van der Waals surface area contributed by atoms with E-state index >= 15 is 0 Å². The third-order valence-electron chi connectivity index (χ3n) is 4.70. The molecule has 2 aromatic heterocycles. The number of benzene rings is 1. The highest BCUT2D eigenvalue weighted by Gasteiger charge is 2.19. The lowest BCUT2D eigenvalue weighted by molar-refractivity contribution is 0.0691. The Morgan fingerprint density at radius 3 is 2.60 bits per heavy atom. The second kappa shape index (κ2) is 6.55. The number of carboxylic acid groups (broad SMARTS) is 1. The van der Waals surface area contributed by atoms with Gasteiger partial charge >= 0.3 is 5.97 Å². The number of carbonyl (C=O) groups is 1. The first-order valence-electron chi connectivity index (χ1n) is 8.67. The largest absolute Gasteiger partial charge is 0.477 e. The fraction of sp³-hybridized carbons (Fsp3) is 0.316. The normalized spacial score (nSPS) is 15.4. The van der Waals surface area contributed by atoms with Crippen molar-refractivity contribution in [3.05, 3.63) is 42.1 Å². The van der Waals surface area contributed by atoms with Gasteiger partial charge in [0.2, 0.25) is 0 Å². The van der Waals surface area contributed by atoms with Gasteiger partial charge in [-0.15, -0.1) is 0 Å². The Bertz CT molecular complexity index is 898. The van der Waals surface area contributed by atoms with Crippen LogP contribution < -0.4 is 5.32 Å². The summed E-state index contributed by atoms with van der Waals surface area (Å²) in [4.78, 5) is 23.5. The Balaban J connectivity index is 1.80. The van der Waals surface area contributed by atoms with Gasteiger partial charge < -0.3 is 15.4 Å². The number of aromatic amines is 1. The third-order valence-corrected chi connectivity index (χ3v) is 4.70. The number of rotatable bonds is 4. The summed E-state index contributed by atoms with van der Waals surface area (Å²) in [5, 5.41) is 13.5. The highest BCUT2D eigenvalue weighted by Crippen LogP contribution is 2.28. The summed E-state index contributed by atoms with van der Waals surface area (Å²) in [5.74, 6) is 0.299. The highest BCUT2D eigenvalue weighted by atomic mass is 16.4. The molecule has 2 heterocycles. The number of anilines is 1. The van der Waals surface area contributed by atoms with Crippen LogP contribution in [0, 0.1) is 0 Å². The molecule has 0 bridgehead atoms. The van der Waals surface area contributed by atoms with Crippen LogP contribution in [0.5, 0.6) is 0 Å². The van der Waals surface area contributed by atoms with Gasteiger partial charge in [0.1, 0.15) is 17.2 Å². The van der Waals surface area contributed by atoms with E-state index in [4.69, 9.17) is 4.98 Å². The van der Waals surface area contributed by atoms with Crippen molar-refractivity contribution in [3.8, 4) is 11.4 Å². The van der Waals surface area contributed by atoms with Gasteiger partial charge in [0.05, 0.1) is 5.39 Å². The summed E-state index contributed by atoms with van der Waals surface area (Å²) >= 11 is 0. The van der Waals surface area contributed by atoms with Crippen LogP contribution in [0.4, 0.5) is 5.82 Å². The molecule has 1 aliphatic carbocycles. The van der Waals surface area contributed by atoms with E-state index in [0.717, 1.165) is 23.8 Å². The molecular formula is C19H20N4O2. The number of hydrogen-bond donors (Lipinski definition) is 3. The average Bonchev–Trinajstić information content (AvgIpc) is 3.08. The van der Waals surface area contributed by atoms with Crippen LogP contribution >= 0.6 is 0 Å². The minimum Gasteiger partial charge on any atom is -0.477 e. The highest BCUT2D eigenvalue weighted by molar-refractivity contribution is 5.97. The van der Waals surface area contributed by atoms with Gasteiger partial charge in [0, 0.05) is 11.6 Å². The smallest absolute Gasteiger partial charge is 0.352 e. The zero-order valence-corrected chi connectivity index (χ0v) is 13.8. The van der Waals surface area contributed by atoms with E-state index < -0.39 is 5.97 Å². The number of H-pyrrole nitrogens is 1. The van der Waals surface area contributed by atoms with Crippen LogP contribution in [0.1, 0.15) is 42.6 Å². The first kappa shape index (κ1) is 15.6. The molecule has 25 heavy (non-hydrogen) atoms. The third kappa shape index (κ3) is 3.20. The minimum atomic E-state index is -0.997. The molecule has 0 saturated heterocycles. The van der Waals surface area contributed by atoms with Crippen LogP contribution in [-0.4, -0.2) is 32.1 Å². The number of aromatic carboxylic acids is 1. The lowest BCUT2D eigenvalue weighted by atomic mass is 9.95. The number of nitrogens with one attached hydrogen (secondary N) is 2. The van der Waals surface area contributed by atoms with Gasteiger partial charge in [0.15, 0.2) is 5.82 Å². The zero-order valence-electron chi connectivity index (χ0n) is 13.8. The first-order valence-corrected chi connectivity index (χ1v) is 8.67. The number of fused-ring (bicyclic) bond motifs is 1. The van der Waals surface area contributed by atoms with Crippen molar-refractivity contribution in [1.29, 1.82) is 0 Å². The maximum atomic E-state index is 11.3. The Labute approximate surface area is 145 Å². The van der Waals surface area contributed by atoms with E-state index in [1.165, 1.54) is 19.3 Å². The molecule has 1 saturated carbocycles. The fourth-order valence-corrected chi connectivity index (χ4v) is 3.39. The van der Waals surface area contributed by atoms with Crippen LogP contribution in [0.3, 0.4) is 0 Å². The molecule has 1 aliphatic rings. The molecule has 6 heteroatoms. The lowest BCUT2D eigenvalue weighted by Gasteiger charge is -2.23. The molecule has 4 rings (SSSR count). The summed E-state index contributed by atoms with van der Waals surface area (Å²) in [7, 11) is 0. The van der Waals surface area contributed by atoms with Crippen LogP contribution in [0.25, 0.3) is 22.4 Å². The fourth-order valence-electron chi connectivity index (χ4n) is 3.39. The van der Waals surface area contributed by atoms with E-state index in [-0.39, 0.29) is 5.69 Å². The summed E-state index contributed by atoms with van der Waals surface area (Å²) in [6.07, 6.45) is 5.93. The van der Waals surface area contributed by atoms with Crippen molar-refractivity contribution in [1.82, 2.24) is 15.0 Å². The first-order chi connectivity index (χ1) is 12.2. The molecule has 0 unspecified atom stereocenters. The summed E-state index contributed by atoms with van der Waals surface area (Å²) in [6.45, 7) is 0. The van der Waals surface area contributed by atoms with E-state index in [1.54, 1.807) is 6.07 Å². The standard InChI is InChI=1S/C19H20N4O2/c24-19(25)15-11-14-17(20-13-9-5-2-6-10-13)22-16(23-18(14)21-15)12-7-3-1-4-8-12/h1,3-4,7-8,11,13H,2,5-6,9-10H2,(H,24,25)(H2,20,21,22,23). The SMILES string of the molecule is O=C(O)c1cc2c(NC3CCCCC3)nc(-c3ccccc3)nc2[nH]1. The van der Waals surface area contributed by atoms with Crippen molar-refractivity contribution >= 4 is 22.8 Å². The summed E-state index contributed by atoms with van der Waals surface area (Å²) < 4.78 is 0. The number of nitrogens with zero attached hydrogens (tertiary/aromatic N) is 2. The number of aromatic nitrogens is 3. The number of hydrogen-bond acceptors (Lipinski definition) is 4. The van der Waals surface area contributed by atoms with Gasteiger partial charge in [0.25, 0.3) is 0 Å². The van der Waals surface area contributed by atoms with Crippen LogP contribution in [-0.2, 0) is 0 Å². The molecule has 0 radical (unpaired) electrons. The van der Waals surface area contributed by atoms with Gasteiger partial charge in [-0.05, 0) is 18.9 Å². The van der Waals surface area contributed by atoms with Crippen LogP contribution in [0.15, 0.2) is 36.4 Å². The maximum absolute atomic E-state index is 11.3. The van der Waals surface area contributed by atoms with Gasteiger partial charge in [-0.1, -0.05) is 49.6 Å². The Kier molecular flexibility index (Phi) is 4.09. The molecule has 1 aromatic carbocycles. The second-order valence-electron chi connectivity index (χ2n) is 6.49. The second-order valence-corrected chi connectivity index (χ2v) is 6.49. The number of carboxylic acids is 1. The molecule has 3 aromatic rings. The molecule has 1 fully saturated rings. The molecule has 6 nitrogen and oxygen atoms in total. The predicted octanol–water partition coefficient (Wildman–Crippen LogP) is 4.07. The average molecular weight is 336 g/mol. The molecule has 0 aliphatic heterocycles. The van der Waals surface area contributed by atoms with Crippen molar-refractivity contribution < 1.29 is 9.90 Å². The van der Waals surface area contributed by atoms with Crippen molar-refractivity contribution in [2.75, 3.05) is 5.32 Å². The summed E-state index contributed by atoms with van der Waals surface area (Å²) in [6, 6.07) is 11.7. The molecule has 0 spiro atoms. The van der Waals surface area contributed by atoms with Crippen LogP contribution in [0.2, 0.25) is 0 Å². The van der Waals surface area contributed by atoms with Crippen molar-refractivity contribution in [2.24, 2.45) is 0 Å². The van der Waals surface area contributed by atoms with Gasteiger partial charge in [-0.25, -0.2) is 14.8 Å². The summed E-state index contributed by atoms with van der Waals surface area (Å²) in [5.41, 5.74) is 1.58. The van der Waals surface area contributed by atoms with E-state index in [9.17, 15) is 9.90 Å². The van der Waals surface area contributed by atoms with Crippen molar-refractivity contribution in [2.45, 2.75) is 38.1 Å². The molecular weight excluding hydrogens is 316 g/mol. The van der Waals surface area contributed by atoms with Gasteiger partial charge in [-0.3, -0.25) is 0 Å². The van der Waals surface area contributed by atoms with Crippen molar-refractivity contribution in [3.63, 3.8) is 0 Å². The Morgan fingerprint density at radius 2 is 1.88 bits per heavy atom. The maximum Gasteiger partial charge on any atom is 0.352 e. The zero-order chi connectivity index (χ0) is 17.2. The van der Waals surface area contributed by atoms with Gasteiger partial charge in [-0.2, -0.15) is 0 Å². The molecule has 128 valence electrons. The van der Waals surface area contributed by atoms with E-state index in [2.05, 4.69) is 15.3 Å². The monoisotopic (exact) mass is 336 g/mol. The Morgan fingerprint density at radius 1 is 1.12 bits per heavy atom. The molecule has 0 atom stereocenters. The molecule has 3 N–H and O–H groups in total. The Hall–Kier alpha value is -2.89. The quantitative estimate of drug-likeness (QED) is 0.668. The van der Waals surface area contributed by atoms with E-state index in [1.807, 2.05) is 30.3 Å². The topological polar surface area (TPSA) is 90.9 Å². The predicted molar refractivity (Wildman–Crippen MR) is 96.8 cm³/mol. The lowest BCUT2D eigenvalue weighted by Crippen LogP contribution is -2.23. The minimum absolute atomic E-state index is 0.126. The molecule has 0 amide bonds.